The number of esters is 4. The summed E-state index contributed by atoms with van der Waals surface area (Å²) < 4.78 is 25.7. The lowest BCUT2D eigenvalue weighted by molar-refractivity contribution is -0.155. The van der Waals surface area contributed by atoms with Gasteiger partial charge in [0.25, 0.3) is 6.47 Å². The van der Waals surface area contributed by atoms with Gasteiger partial charge in [0.1, 0.15) is 5.78 Å². The maximum Gasteiger partial charge on any atom is 0.306 e. The molecule has 1 N–H and O–H groups in total. The summed E-state index contributed by atoms with van der Waals surface area (Å²) >= 11 is 0. The van der Waals surface area contributed by atoms with Crippen LogP contribution in [0.2, 0.25) is 0 Å². The van der Waals surface area contributed by atoms with Crippen molar-refractivity contribution in [3.05, 3.63) is 0 Å². The smallest absolute Gasteiger partial charge is 0.306 e. The van der Waals surface area contributed by atoms with Crippen LogP contribution in [0.4, 0.5) is 0 Å². The number of rotatable bonds is 51. The van der Waals surface area contributed by atoms with E-state index in [2.05, 4.69) is 85.6 Å². The fourth-order valence-corrected chi connectivity index (χ4v) is 8.28. The molecule has 13 heteroatoms. The highest BCUT2D eigenvalue weighted by Crippen LogP contribution is 2.23. The van der Waals surface area contributed by atoms with Crippen LogP contribution in [0.5, 0.6) is 0 Å². The molecule has 0 aromatic heterocycles. The van der Waals surface area contributed by atoms with Crippen molar-refractivity contribution < 1.29 is 62.4 Å². The van der Waals surface area contributed by atoms with Crippen molar-refractivity contribution in [3.63, 3.8) is 0 Å². The number of hydrogen-bond donors (Lipinski definition) is 1. The van der Waals surface area contributed by atoms with Crippen LogP contribution in [-0.4, -0.2) is 80.2 Å². The van der Waals surface area contributed by atoms with E-state index in [9.17, 15) is 33.6 Å². The zero-order valence-electron chi connectivity index (χ0n) is 59.1. The van der Waals surface area contributed by atoms with E-state index in [4.69, 9.17) is 19.3 Å². The van der Waals surface area contributed by atoms with E-state index >= 15 is 0 Å². The first-order valence-corrected chi connectivity index (χ1v) is 35.4. The molecule has 0 aromatic carbocycles. The molecule has 0 spiro atoms. The largest absolute Gasteiger partial charge is 0.481 e. The van der Waals surface area contributed by atoms with E-state index in [-0.39, 0.29) is 75.2 Å². The van der Waals surface area contributed by atoms with Gasteiger partial charge in [-0.15, -0.1) is 0 Å². The molecule has 0 rings (SSSR count). The van der Waals surface area contributed by atoms with Gasteiger partial charge in [-0.25, -0.2) is 0 Å². The normalized spacial score (nSPS) is 11.2. The Morgan fingerprint density at radius 1 is 0.388 bits per heavy atom. The van der Waals surface area contributed by atoms with Gasteiger partial charge in [0.2, 0.25) is 0 Å². The third-order valence-electron chi connectivity index (χ3n) is 14.1. The van der Waals surface area contributed by atoms with Gasteiger partial charge < -0.3 is 28.8 Å². The molecule has 0 bridgehead atoms. The predicted molar refractivity (Wildman–Crippen MR) is 358 cm³/mol. The summed E-state index contributed by atoms with van der Waals surface area (Å²) in [5, 5.41) is 8.57. The lowest BCUT2D eigenvalue weighted by Crippen LogP contribution is -2.26. The molecule has 0 saturated carbocycles. The molecule has 0 fully saturated rings. The van der Waals surface area contributed by atoms with Crippen LogP contribution >= 0.6 is 0 Å². The second-order valence-corrected chi connectivity index (χ2v) is 22.7. The average Bonchev–Trinajstić information content (AvgIpc) is 3.49. The van der Waals surface area contributed by atoms with E-state index in [0.717, 1.165) is 77.0 Å². The number of aliphatic carboxylic acids is 1. The van der Waals surface area contributed by atoms with Crippen molar-refractivity contribution in [2.75, 3.05) is 33.0 Å². The molecule has 13 nitrogen and oxygen atoms in total. The van der Waals surface area contributed by atoms with Crippen molar-refractivity contribution in [1.82, 2.24) is 0 Å². The highest BCUT2D eigenvalue weighted by Gasteiger charge is 2.23. The van der Waals surface area contributed by atoms with E-state index in [0.29, 0.717) is 44.3 Å². The Hall–Kier alpha value is -3.51. The maximum atomic E-state index is 12.7. The fraction of sp³-hybridized carbons (Fsp3) is 0.903. The molecule has 3 unspecified atom stereocenters. The van der Waals surface area contributed by atoms with Crippen LogP contribution in [0, 0.1) is 23.7 Å². The lowest BCUT2D eigenvalue weighted by atomic mass is 9.88. The monoisotopic (exact) mass is 1220 g/mol. The minimum Gasteiger partial charge on any atom is -0.481 e. The molecule has 3 atom stereocenters. The summed E-state index contributed by atoms with van der Waals surface area (Å²) in [6.45, 7) is 34.9. The third-order valence-corrected chi connectivity index (χ3v) is 14.1. The number of ketones is 1. The van der Waals surface area contributed by atoms with E-state index < -0.39 is 17.8 Å². The summed E-state index contributed by atoms with van der Waals surface area (Å²) in [7, 11) is 0. The molecule has 85 heavy (non-hydrogen) atoms. The van der Waals surface area contributed by atoms with Gasteiger partial charge in [-0.2, -0.15) is 0 Å². The Labute approximate surface area is 526 Å². The van der Waals surface area contributed by atoms with E-state index in [1.807, 2.05) is 27.7 Å². The average molecular weight is 1220 g/mol. The first kappa shape index (κ1) is 95.1. The number of Topliss-reactive ketones (excluding diaryl/α,β-unsaturated/α-hetero) is 1. The van der Waals surface area contributed by atoms with Crippen molar-refractivity contribution in [1.29, 1.82) is 0 Å². The topological polar surface area (TPSA) is 186 Å². The first-order chi connectivity index (χ1) is 41.0. The molecular formula is C72H144O13. The van der Waals surface area contributed by atoms with Crippen LogP contribution in [0.1, 0.15) is 368 Å². The molecule has 0 aromatic rings. The molecule has 0 saturated heterocycles. The van der Waals surface area contributed by atoms with E-state index in [1.165, 1.54) is 148 Å². The summed E-state index contributed by atoms with van der Waals surface area (Å²) in [4.78, 5) is 78.9. The minimum absolute atomic E-state index is 0.00868. The predicted octanol–water partition coefficient (Wildman–Crippen LogP) is 21.3. The van der Waals surface area contributed by atoms with Gasteiger partial charge in [0.15, 0.2) is 0 Å². The second-order valence-electron chi connectivity index (χ2n) is 22.7. The summed E-state index contributed by atoms with van der Waals surface area (Å²) in [5.41, 5.74) is 0. The SMILES string of the molecule is CC.CCCC.CCCC(=O)CC(COC=O)CC(=O)O.CCCCCCCCC.CCCCCCCCC.CCCCCCCCC(=O)OCC(COC(=O)CCCCCCCC)CC(=O)OCC(CCCC)C(C)CC.CCCOC(C)=O. The van der Waals surface area contributed by atoms with Crippen molar-refractivity contribution in [2.24, 2.45) is 23.7 Å². The standard InChI is InChI=1S/C33H62O6.C10H16O5.2C9H20.C5H10O2.C4H10.C2H6/c1-6-10-13-15-17-19-22-31(34)37-25-29(26-38-32(35)23-20-18-16-14-11-7-2)24-33(36)39-27-30(21-12-8-3)28(5)9-4;1-2-3-9(12)4-8(5-10(13)14)6-15-7-11;2*1-3-5-7-9-8-6-4-2;1-3-4-7-5(2)6;1-3-4-2;1-2/h28-30H,6-27H2,1-5H3;7-8H,2-6H2,1H3,(H,13,14);2*3-9H2,1-2H3;3-4H2,1-2H3;3-4H2,1-2H3;1-2H3. The van der Waals surface area contributed by atoms with Crippen LogP contribution in [0.15, 0.2) is 0 Å². The van der Waals surface area contributed by atoms with Crippen molar-refractivity contribution in [3.8, 4) is 0 Å². The quantitative estimate of drug-likeness (QED) is 0.0263. The van der Waals surface area contributed by atoms with Gasteiger partial charge >= 0.3 is 29.8 Å². The molecule has 510 valence electrons. The Bertz CT molecular complexity index is 1310. The van der Waals surface area contributed by atoms with Crippen molar-refractivity contribution in [2.45, 2.75) is 368 Å². The molecule has 0 radical (unpaired) electrons. The Balaban J connectivity index is -0.000000213. The van der Waals surface area contributed by atoms with Gasteiger partial charge in [-0.05, 0) is 43.9 Å². The van der Waals surface area contributed by atoms with Crippen LogP contribution in [0.3, 0.4) is 0 Å². The lowest BCUT2D eigenvalue weighted by Gasteiger charge is -2.23. The van der Waals surface area contributed by atoms with Crippen LogP contribution in [0.25, 0.3) is 0 Å². The molecule has 0 aliphatic carbocycles. The second kappa shape index (κ2) is 84.7. The number of hydrogen-bond acceptors (Lipinski definition) is 12. The zero-order chi connectivity index (χ0) is 65.8. The Morgan fingerprint density at radius 2 is 0.765 bits per heavy atom. The summed E-state index contributed by atoms with van der Waals surface area (Å²) in [5.74, 6) is -1.95. The highest BCUT2D eigenvalue weighted by atomic mass is 16.6. The Morgan fingerprint density at radius 3 is 1.07 bits per heavy atom. The third kappa shape index (κ3) is 91.8. The number of carbonyl (C=O) groups excluding carboxylic acids is 6. The molecule has 0 amide bonds. The van der Waals surface area contributed by atoms with Gasteiger partial charge in [0, 0.05) is 44.4 Å². The number of ether oxygens (including phenoxy) is 5. The molecule has 0 aliphatic rings. The number of unbranched alkanes of at least 4 members (excludes halogenated alkanes) is 24. The summed E-state index contributed by atoms with van der Waals surface area (Å²) in [6, 6.07) is 0. The highest BCUT2D eigenvalue weighted by molar-refractivity contribution is 5.79. The fourth-order valence-electron chi connectivity index (χ4n) is 8.28. The molecular weight excluding hydrogens is 1070 g/mol. The number of carboxylic acids is 1. The zero-order valence-corrected chi connectivity index (χ0v) is 59.1. The number of carbonyl (C=O) groups is 7. The van der Waals surface area contributed by atoms with Gasteiger partial charge in [-0.1, -0.05) is 290 Å². The van der Waals surface area contributed by atoms with Crippen molar-refractivity contribution >= 4 is 42.1 Å². The first-order valence-electron chi connectivity index (χ1n) is 35.4. The van der Waals surface area contributed by atoms with Crippen LogP contribution in [-0.2, 0) is 57.2 Å². The number of carboxylic acid groups (broad SMARTS) is 1. The molecule has 0 aliphatic heterocycles. The van der Waals surface area contributed by atoms with Crippen LogP contribution < -0.4 is 0 Å². The minimum atomic E-state index is -0.987. The van der Waals surface area contributed by atoms with Gasteiger partial charge in [-0.3, -0.25) is 33.6 Å². The Kier molecular flexibility index (Phi) is 94.8. The molecule has 0 heterocycles. The maximum absolute atomic E-state index is 12.7. The summed E-state index contributed by atoms with van der Waals surface area (Å²) in [6.07, 6.45) is 43.1. The van der Waals surface area contributed by atoms with E-state index in [1.54, 1.807) is 0 Å². The van der Waals surface area contributed by atoms with Gasteiger partial charge in [0.05, 0.1) is 45.9 Å².